The van der Waals surface area contributed by atoms with Gasteiger partial charge in [-0.15, -0.1) is 0 Å². The number of hydrogen-bond donors (Lipinski definition) is 3. The summed E-state index contributed by atoms with van der Waals surface area (Å²) in [6.45, 7) is 5.40. The third-order valence-electron chi connectivity index (χ3n) is 2.49. The fourth-order valence-electron chi connectivity index (χ4n) is 1.44. The highest BCUT2D eigenvalue weighted by Crippen LogP contribution is 2.40. The predicted octanol–water partition coefficient (Wildman–Crippen LogP) is 1.54. The summed E-state index contributed by atoms with van der Waals surface area (Å²) in [4.78, 5) is 3.94. The number of nitrogens with one attached hydrogen (secondary N) is 2. The third-order valence-corrected chi connectivity index (χ3v) is 2.49. The van der Waals surface area contributed by atoms with Crippen molar-refractivity contribution in [3.8, 4) is 0 Å². The Hall–Kier alpha value is -1.62. The Morgan fingerprint density at radius 2 is 2.18 bits per heavy atom. The number of amidine groups is 1. The van der Waals surface area contributed by atoms with Gasteiger partial charge in [-0.3, -0.25) is 10.8 Å². The molecule has 0 aliphatic heterocycles. The monoisotopic (exact) mass is 238 g/mol. The topological polar surface area (TPSA) is 62.4 Å². The van der Waals surface area contributed by atoms with Gasteiger partial charge in [0.1, 0.15) is 5.84 Å². The minimum atomic E-state index is -1.26. The second kappa shape index (κ2) is 5.63. The van der Waals surface area contributed by atoms with Crippen molar-refractivity contribution >= 4 is 5.84 Å². The average Bonchev–Trinajstić information content (AvgIpc) is 3.04. The van der Waals surface area contributed by atoms with E-state index in [9.17, 15) is 4.39 Å². The molecule has 0 aromatic heterocycles. The van der Waals surface area contributed by atoms with E-state index >= 15 is 0 Å². The van der Waals surface area contributed by atoms with Crippen LogP contribution in [0.2, 0.25) is 0 Å². The Bertz CT molecular complexity index is 378. The van der Waals surface area contributed by atoms with Crippen LogP contribution in [0.15, 0.2) is 41.2 Å². The normalized spacial score (nSPS) is 19.9. The zero-order valence-electron chi connectivity index (χ0n) is 10.3. The van der Waals surface area contributed by atoms with Crippen molar-refractivity contribution in [1.29, 1.82) is 0 Å². The van der Waals surface area contributed by atoms with Crippen molar-refractivity contribution in [1.82, 2.24) is 10.7 Å². The van der Waals surface area contributed by atoms with E-state index in [1.807, 2.05) is 6.92 Å². The van der Waals surface area contributed by atoms with Gasteiger partial charge in [-0.05, 0) is 31.9 Å². The van der Waals surface area contributed by atoms with Gasteiger partial charge in [-0.2, -0.15) is 0 Å². The first-order chi connectivity index (χ1) is 8.05. The summed E-state index contributed by atoms with van der Waals surface area (Å²) in [5.41, 5.74) is 2.71. The fourth-order valence-corrected chi connectivity index (χ4v) is 1.44. The van der Waals surface area contributed by atoms with Crippen molar-refractivity contribution < 1.29 is 4.39 Å². The van der Waals surface area contributed by atoms with E-state index in [1.165, 1.54) is 0 Å². The van der Waals surface area contributed by atoms with Gasteiger partial charge < -0.3 is 10.7 Å². The molecule has 0 spiro atoms. The molecule has 0 aromatic rings. The third kappa shape index (κ3) is 3.71. The maximum Gasteiger partial charge on any atom is 0.168 e. The highest BCUT2D eigenvalue weighted by molar-refractivity contribution is 5.94. The maximum atomic E-state index is 13.8. The molecular weight excluding hydrogens is 219 g/mol. The van der Waals surface area contributed by atoms with Gasteiger partial charge in [0, 0.05) is 12.7 Å². The lowest BCUT2D eigenvalue weighted by Gasteiger charge is -2.13. The van der Waals surface area contributed by atoms with Gasteiger partial charge in [-0.1, -0.05) is 12.7 Å². The molecule has 17 heavy (non-hydrogen) atoms. The summed E-state index contributed by atoms with van der Waals surface area (Å²) in [6, 6.07) is 0. The Labute approximate surface area is 101 Å². The maximum absolute atomic E-state index is 13.8. The van der Waals surface area contributed by atoms with Crippen molar-refractivity contribution in [2.75, 3.05) is 7.05 Å². The molecule has 4 nitrogen and oxygen atoms in total. The van der Waals surface area contributed by atoms with Crippen LogP contribution >= 0.6 is 0 Å². The SMILES string of the molecule is C=C/C=C(\C=C(/C)NC(=NC)C1(F)CC1)NN. The molecule has 0 bridgehead atoms. The van der Waals surface area contributed by atoms with Crippen LogP contribution in [-0.4, -0.2) is 18.6 Å². The molecule has 0 unspecified atom stereocenters. The van der Waals surface area contributed by atoms with Crippen LogP contribution in [0.4, 0.5) is 4.39 Å². The van der Waals surface area contributed by atoms with E-state index in [2.05, 4.69) is 22.3 Å². The first-order valence-electron chi connectivity index (χ1n) is 5.46. The second-order valence-electron chi connectivity index (χ2n) is 3.99. The van der Waals surface area contributed by atoms with E-state index in [1.54, 1.807) is 25.3 Å². The van der Waals surface area contributed by atoms with Crippen LogP contribution in [0, 0.1) is 0 Å². The molecular formula is C12H19FN4. The van der Waals surface area contributed by atoms with E-state index in [4.69, 9.17) is 5.84 Å². The van der Waals surface area contributed by atoms with Crippen molar-refractivity contribution in [2.45, 2.75) is 25.4 Å². The standard InChI is InChI=1S/C12H19FN4/c1-4-5-10(17-14)8-9(2)16-11(15-3)12(13)6-7-12/h4-5,8,17H,1,6-7,14H2,2-3H3,(H,15,16)/b9-8+,10-5+. The summed E-state index contributed by atoms with van der Waals surface area (Å²) in [5, 5.41) is 2.96. The number of allylic oxidation sites excluding steroid dienone is 4. The number of rotatable bonds is 5. The van der Waals surface area contributed by atoms with Gasteiger partial charge in [0.05, 0.1) is 5.70 Å². The van der Waals surface area contributed by atoms with Crippen LogP contribution in [-0.2, 0) is 0 Å². The molecule has 1 fully saturated rings. The summed E-state index contributed by atoms with van der Waals surface area (Å²) < 4.78 is 13.8. The molecule has 1 aliphatic carbocycles. The Morgan fingerprint density at radius 1 is 1.53 bits per heavy atom. The lowest BCUT2D eigenvalue weighted by Crippen LogP contribution is -2.33. The number of aliphatic imine (C=N–C) groups is 1. The Balaban J connectivity index is 2.70. The summed E-state index contributed by atoms with van der Waals surface area (Å²) in [5.74, 6) is 5.70. The molecule has 1 saturated carbocycles. The fraction of sp³-hybridized carbons (Fsp3) is 0.417. The largest absolute Gasteiger partial charge is 0.345 e. The predicted molar refractivity (Wildman–Crippen MR) is 68.9 cm³/mol. The average molecular weight is 238 g/mol. The van der Waals surface area contributed by atoms with E-state index in [0.717, 1.165) is 5.70 Å². The molecule has 5 heteroatoms. The zero-order chi connectivity index (χ0) is 12.9. The second-order valence-corrected chi connectivity index (χ2v) is 3.99. The first kappa shape index (κ1) is 13.4. The molecule has 94 valence electrons. The van der Waals surface area contributed by atoms with Gasteiger partial charge in [-0.25, -0.2) is 4.39 Å². The first-order valence-corrected chi connectivity index (χ1v) is 5.46. The van der Waals surface area contributed by atoms with Gasteiger partial charge in [0.2, 0.25) is 0 Å². The van der Waals surface area contributed by atoms with E-state index < -0.39 is 5.67 Å². The number of halogens is 1. The molecule has 4 N–H and O–H groups in total. The highest BCUT2D eigenvalue weighted by atomic mass is 19.1. The Morgan fingerprint density at radius 3 is 2.59 bits per heavy atom. The molecule has 0 saturated heterocycles. The van der Waals surface area contributed by atoms with Crippen LogP contribution in [0.1, 0.15) is 19.8 Å². The minimum Gasteiger partial charge on any atom is -0.345 e. The highest BCUT2D eigenvalue weighted by Gasteiger charge is 2.48. The summed E-state index contributed by atoms with van der Waals surface area (Å²) >= 11 is 0. The van der Waals surface area contributed by atoms with Crippen molar-refractivity contribution in [3.63, 3.8) is 0 Å². The van der Waals surface area contributed by atoms with Gasteiger partial charge in [0.25, 0.3) is 0 Å². The van der Waals surface area contributed by atoms with Crippen LogP contribution in [0.5, 0.6) is 0 Å². The van der Waals surface area contributed by atoms with Crippen LogP contribution < -0.4 is 16.6 Å². The van der Waals surface area contributed by atoms with Crippen LogP contribution in [0.3, 0.4) is 0 Å². The number of hydrogen-bond acceptors (Lipinski definition) is 3. The van der Waals surface area contributed by atoms with E-state index in [-0.39, 0.29) is 0 Å². The van der Waals surface area contributed by atoms with Crippen LogP contribution in [0.25, 0.3) is 0 Å². The van der Waals surface area contributed by atoms with Crippen molar-refractivity contribution in [3.05, 3.63) is 36.2 Å². The van der Waals surface area contributed by atoms with Gasteiger partial charge in [0.15, 0.2) is 5.67 Å². The van der Waals surface area contributed by atoms with Gasteiger partial charge >= 0.3 is 0 Å². The molecule has 1 rings (SSSR count). The number of alkyl halides is 1. The number of hydrazine groups is 1. The summed E-state index contributed by atoms with van der Waals surface area (Å²) in [7, 11) is 1.58. The quantitative estimate of drug-likeness (QED) is 0.224. The number of nitrogens with two attached hydrogens (primary N) is 1. The molecule has 0 amide bonds. The molecule has 0 radical (unpaired) electrons. The molecule has 1 aliphatic rings. The van der Waals surface area contributed by atoms with Crippen molar-refractivity contribution in [2.24, 2.45) is 10.8 Å². The molecule has 0 heterocycles. The zero-order valence-corrected chi connectivity index (χ0v) is 10.3. The molecule has 0 aromatic carbocycles. The lowest BCUT2D eigenvalue weighted by molar-refractivity contribution is 0.399. The lowest BCUT2D eigenvalue weighted by atomic mass is 10.3. The Kier molecular flexibility index (Phi) is 4.45. The van der Waals surface area contributed by atoms with E-state index in [0.29, 0.717) is 24.4 Å². The summed E-state index contributed by atoms with van der Waals surface area (Å²) in [6.07, 6.45) is 6.16. The smallest absolute Gasteiger partial charge is 0.168 e. The molecule has 0 atom stereocenters. The minimum absolute atomic E-state index is 0.376. The number of nitrogens with zero attached hydrogens (tertiary/aromatic N) is 1.